The predicted molar refractivity (Wildman–Crippen MR) is 63.5 cm³/mol. The van der Waals surface area contributed by atoms with Crippen LogP contribution >= 0.6 is 0 Å². The number of amides is 1. The van der Waals surface area contributed by atoms with Crippen molar-refractivity contribution >= 4 is 11.9 Å². The van der Waals surface area contributed by atoms with E-state index in [2.05, 4.69) is 10.4 Å². The lowest BCUT2D eigenvalue weighted by molar-refractivity contribution is -0.137. The number of carbonyl (C=O) groups excluding carboxylic acids is 1. The Bertz CT molecular complexity index is 441. The first-order chi connectivity index (χ1) is 8.43. The Morgan fingerprint density at radius 1 is 1.61 bits per heavy atom. The maximum Gasteiger partial charge on any atom is 0.303 e. The molecule has 0 spiro atoms. The van der Waals surface area contributed by atoms with Crippen LogP contribution in [-0.2, 0) is 11.8 Å². The molecule has 0 radical (unpaired) electrons. The van der Waals surface area contributed by atoms with Crippen LogP contribution in [0.1, 0.15) is 23.8 Å². The molecule has 7 nitrogen and oxygen atoms in total. The highest BCUT2D eigenvalue weighted by Gasteiger charge is 2.14. The molecule has 0 aromatic carbocycles. The van der Waals surface area contributed by atoms with Crippen LogP contribution in [-0.4, -0.2) is 40.4 Å². The highest BCUT2D eigenvalue weighted by Crippen LogP contribution is 2.11. The van der Waals surface area contributed by atoms with Gasteiger partial charge in [-0.3, -0.25) is 9.59 Å². The summed E-state index contributed by atoms with van der Waals surface area (Å²) in [7, 11) is 3.16. The van der Waals surface area contributed by atoms with Crippen molar-refractivity contribution in [1.82, 2.24) is 15.1 Å². The number of nitrogens with one attached hydrogen (secondary N) is 1. The van der Waals surface area contributed by atoms with Gasteiger partial charge in [0.2, 0.25) is 5.88 Å². The molecule has 18 heavy (non-hydrogen) atoms. The number of ether oxygens (including phenoxy) is 1. The third kappa shape index (κ3) is 3.76. The summed E-state index contributed by atoms with van der Waals surface area (Å²) in [6, 6.07) is 1.52. The number of methoxy groups -OCH3 is 1. The number of rotatable bonds is 6. The SMILES string of the molecule is COc1cc(C(=O)NCC(C)CC(=O)O)nn1C. The van der Waals surface area contributed by atoms with Gasteiger partial charge in [-0.1, -0.05) is 6.92 Å². The number of carbonyl (C=O) groups is 2. The normalized spacial score (nSPS) is 11.9. The number of aliphatic carboxylic acids is 1. The van der Waals surface area contributed by atoms with Crippen LogP contribution in [0, 0.1) is 5.92 Å². The average Bonchev–Trinajstić information content (AvgIpc) is 2.66. The van der Waals surface area contributed by atoms with Crippen molar-refractivity contribution < 1.29 is 19.4 Å². The van der Waals surface area contributed by atoms with Gasteiger partial charge in [0, 0.05) is 26.1 Å². The van der Waals surface area contributed by atoms with Gasteiger partial charge >= 0.3 is 5.97 Å². The van der Waals surface area contributed by atoms with Gasteiger partial charge in [-0.15, -0.1) is 0 Å². The monoisotopic (exact) mass is 255 g/mol. The molecule has 2 N–H and O–H groups in total. The van der Waals surface area contributed by atoms with Gasteiger partial charge in [0.25, 0.3) is 5.91 Å². The van der Waals surface area contributed by atoms with Gasteiger partial charge in [-0.05, 0) is 5.92 Å². The molecule has 0 aliphatic carbocycles. The molecule has 0 fully saturated rings. The summed E-state index contributed by atoms with van der Waals surface area (Å²) < 4.78 is 6.45. The Morgan fingerprint density at radius 3 is 2.78 bits per heavy atom. The summed E-state index contributed by atoms with van der Waals surface area (Å²) in [5.41, 5.74) is 0.247. The van der Waals surface area contributed by atoms with E-state index >= 15 is 0 Å². The van der Waals surface area contributed by atoms with E-state index in [4.69, 9.17) is 9.84 Å². The van der Waals surface area contributed by atoms with E-state index in [9.17, 15) is 9.59 Å². The topological polar surface area (TPSA) is 93.4 Å². The number of carboxylic acids is 1. The van der Waals surface area contributed by atoms with Crippen molar-refractivity contribution in [2.45, 2.75) is 13.3 Å². The largest absolute Gasteiger partial charge is 0.481 e. The second-order valence-electron chi connectivity index (χ2n) is 4.11. The Labute approximate surface area is 105 Å². The first-order valence-corrected chi connectivity index (χ1v) is 5.52. The van der Waals surface area contributed by atoms with E-state index in [0.29, 0.717) is 12.4 Å². The summed E-state index contributed by atoms with van der Waals surface area (Å²) in [5, 5.41) is 15.2. The molecular weight excluding hydrogens is 238 g/mol. The first-order valence-electron chi connectivity index (χ1n) is 5.52. The molecule has 7 heteroatoms. The molecule has 1 heterocycles. The summed E-state index contributed by atoms with van der Waals surface area (Å²) >= 11 is 0. The molecule has 1 rings (SSSR count). The molecule has 0 saturated carbocycles. The Balaban J connectivity index is 2.52. The van der Waals surface area contributed by atoms with E-state index in [1.807, 2.05) is 0 Å². The molecule has 0 aliphatic rings. The van der Waals surface area contributed by atoms with Crippen LogP contribution in [0.3, 0.4) is 0 Å². The Morgan fingerprint density at radius 2 is 2.28 bits per heavy atom. The summed E-state index contributed by atoms with van der Waals surface area (Å²) in [4.78, 5) is 22.2. The molecule has 1 aromatic heterocycles. The fraction of sp³-hybridized carbons (Fsp3) is 0.545. The third-order valence-corrected chi connectivity index (χ3v) is 2.41. The van der Waals surface area contributed by atoms with Gasteiger partial charge in [0.05, 0.1) is 7.11 Å². The number of aryl methyl sites for hydroxylation is 1. The Kier molecular flexibility index (Phi) is 4.70. The maximum absolute atomic E-state index is 11.7. The minimum atomic E-state index is -0.878. The van der Waals surface area contributed by atoms with Crippen LogP contribution in [0.2, 0.25) is 0 Å². The summed E-state index contributed by atoms with van der Waals surface area (Å²) in [6.45, 7) is 2.05. The fourth-order valence-corrected chi connectivity index (χ4v) is 1.48. The minimum absolute atomic E-state index is 0.0197. The van der Waals surface area contributed by atoms with Gasteiger partial charge in [0.15, 0.2) is 5.69 Å². The molecule has 100 valence electrons. The van der Waals surface area contributed by atoms with Crippen molar-refractivity contribution in [3.8, 4) is 5.88 Å². The molecule has 1 aromatic rings. The number of hydrogen-bond donors (Lipinski definition) is 2. The zero-order valence-corrected chi connectivity index (χ0v) is 10.6. The zero-order valence-electron chi connectivity index (χ0n) is 10.6. The Hall–Kier alpha value is -2.05. The summed E-state index contributed by atoms with van der Waals surface area (Å²) in [6.07, 6.45) is 0.0197. The number of nitrogens with zero attached hydrogens (tertiary/aromatic N) is 2. The predicted octanol–water partition coefficient (Wildman–Crippen LogP) is 0.269. The average molecular weight is 255 g/mol. The second kappa shape index (κ2) is 6.04. The molecular formula is C11H17N3O4. The van der Waals surface area contributed by atoms with Crippen molar-refractivity contribution in [2.24, 2.45) is 13.0 Å². The van der Waals surface area contributed by atoms with Gasteiger partial charge in [-0.25, -0.2) is 4.68 Å². The van der Waals surface area contributed by atoms with Crippen LogP contribution in [0.25, 0.3) is 0 Å². The lowest BCUT2D eigenvalue weighted by Crippen LogP contribution is -2.29. The van der Waals surface area contributed by atoms with E-state index in [0.717, 1.165) is 0 Å². The van der Waals surface area contributed by atoms with Crippen LogP contribution in [0.5, 0.6) is 5.88 Å². The molecule has 1 unspecified atom stereocenters. The van der Waals surface area contributed by atoms with Crippen LogP contribution < -0.4 is 10.1 Å². The van der Waals surface area contributed by atoms with E-state index in [1.165, 1.54) is 17.9 Å². The van der Waals surface area contributed by atoms with Gasteiger partial charge < -0.3 is 15.2 Å². The number of hydrogen-bond acceptors (Lipinski definition) is 4. The second-order valence-corrected chi connectivity index (χ2v) is 4.11. The van der Waals surface area contributed by atoms with Crippen LogP contribution in [0.15, 0.2) is 6.07 Å². The lowest BCUT2D eigenvalue weighted by Gasteiger charge is -2.08. The third-order valence-electron chi connectivity index (χ3n) is 2.41. The lowest BCUT2D eigenvalue weighted by atomic mass is 10.1. The van der Waals surface area contributed by atoms with E-state index in [-0.39, 0.29) is 23.9 Å². The smallest absolute Gasteiger partial charge is 0.303 e. The minimum Gasteiger partial charge on any atom is -0.481 e. The number of carboxylic acid groups (broad SMARTS) is 1. The van der Waals surface area contributed by atoms with Crippen LogP contribution in [0.4, 0.5) is 0 Å². The molecule has 0 saturated heterocycles. The highest BCUT2D eigenvalue weighted by atomic mass is 16.5. The van der Waals surface area contributed by atoms with E-state index in [1.54, 1.807) is 14.0 Å². The molecule has 1 atom stereocenters. The molecule has 0 bridgehead atoms. The number of aromatic nitrogens is 2. The van der Waals surface area contributed by atoms with Crippen molar-refractivity contribution in [3.63, 3.8) is 0 Å². The molecule has 0 aliphatic heterocycles. The van der Waals surface area contributed by atoms with Gasteiger partial charge in [-0.2, -0.15) is 5.10 Å². The first kappa shape index (κ1) is 14.0. The quantitative estimate of drug-likeness (QED) is 0.761. The van der Waals surface area contributed by atoms with Gasteiger partial charge in [0.1, 0.15) is 0 Å². The standard InChI is InChI=1S/C11H17N3O4/c1-7(4-10(15)16)6-12-11(17)8-5-9(18-3)14(2)13-8/h5,7H,4,6H2,1-3H3,(H,12,17)(H,15,16). The van der Waals surface area contributed by atoms with Crippen molar-refractivity contribution in [2.75, 3.05) is 13.7 Å². The highest BCUT2D eigenvalue weighted by molar-refractivity contribution is 5.92. The maximum atomic E-state index is 11.7. The van der Waals surface area contributed by atoms with E-state index < -0.39 is 5.97 Å². The van der Waals surface area contributed by atoms with Crippen molar-refractivity contribution in [3.05, 3.63) is 11.8 Å². The van der Waals surface area contributed by atoms with Crippen molar-refractivity contribution in [1.29, 1.82) is 0 Å². The zero-order chi connectivity index (χ0) is 13.7. The summed E-state index contributed by atoms with van der Waals surface area (Å²) in [5.74, 6) is -0.863. The molecule has 1 amide bonds. The fourth-order valence-electron chi connectivity index (χ4n) is 1.48.